The molecule has 0 atom stereocenters. The summed E-state index contributed by atoms with van der Waals surface area (Å²) in [6.45, 7) is 4.21. The number of amides is 1. The first kappa shape index (κ1) is 16.5. The molecule has 8 heteroatoms. The molecule has 1 aromatic heterocycles. The summed E-state index contributed by atoms with van der Waals surface area (Å²) in [5, 5.41) is 5.35. The average molecular weight is 381 g/mol. The van der Waals surface area contributed by atoms with Crippen molar-refractivity contribution in [2.45, 2.75) is 13.0 Å². The number of aromatic nitrogens is 2. The minimum atomic E-state index is -0.0167. The second kappa shape index (κ2) is 6.77. The second-order valence-electron chi connectivity index (χ2n) is 6.17. The lowest BCUT2D eigenvalue weighted by Crippen LogP contribution is -2.48. The maximum absolute atomic E-state index is 12.8. The fraction of sp³-hybridized carbons (Fsp3) is 0.412. The van der Waals surface area contributed by atoms with Crippen LogP contribution in [0.1, 0.15) is 16.8 Å². The van der Waals surface area contributed by atoms with Crippen LogP contribution in [0, 0.1) is 0 Å². The summed E-state index contributed by atoms with van der Waals surface area (Å²) in [6.07, 6.45) is 2.54. The molecule has 2 aromatic rings. The topological polar surface area (TPSA) is 50.6 Å². The minimum absolute atomic E-state index is 0.0167. The van der Waals surface area contributed by atoms with Crippen molar-refractivity contribution >= 4 is 34.8 Å². The van der Waals surface area contributed by atoms with Gasteiger partial charge in [0, 0.05) is 44.8 Å². The highest BCUT2D eigenvalue weighted by Gasteiger charge is 2.28. The Morgan fingerprint density at radius 1 is 1.08 bits per heavy atom. The molecule has 25 heavy (non-hydrogen) atoms. The number of hydrogen-bond acceptors (Lipinski definition) is 4. The number of ether oxygens (including phenoxy) is 1. The quantitative estimate of drug-likeness (QED) is 0.803. The number of carbonyl (C=O) groups is 1. The van der Waals surface area contributed by atoms with Gasteiger partial charge in [0.15, 0.2) is 0 Å². The Kier molecular flexibility index (Phi) is 4.48. The molecular weight excluding hydrogens is 363 g/mol. The van der Waals surface area contributed by atoms with E-state index in [0.717, 1.165) is 31.7 Å². The Hall–Kier alpha value is -1.92. The fourth-order valence-electron chi connectivity index (χ4n) is 3.24. The van der Waals surface area contributed by atoms with Gasteiger partial charge in [-0.2, -0.15) is 5.10 Å². The number of carbonyl (C=O) groups excluding carboxylic acids is 1. The predicted molar refractivity (Wildman–Crippen MR) is 96.9 cm³/mol. The molecule has 0 spiro atoms. The molecule has 1 saturated heterocycles. The normalized spacial score (nSPS) is 17.2. The molecule has 0 bridgehead atoms. The molecule has 0 aliphatic carbocycles. The lowest BCUT2D eigenvalue weighted by molar-refractivity contribution is 0.0740. The second-order valence-corrected chi connectivity index (χ2v) is 6.98. The largest absolute Gasteiger partial charge is 0.477 e. The van der Waals surface area contributed by atoms with Crippen molar-refractivity contribution in [3.8, 4) is 5.88 Å². The molecule has 0 unspecified atom stereocenters. The Bertz CT molecular complexity index is 800. The molecule has 1 fully saturated rings. The SMILES string of the molecule is O=C(c1cnn2c1OCCC2)N1CCN(c2ccc(Cl)c(Cl)c2)CC1. The zero-order chi connectivity index (χ0) is 17.4. The van der Waals surface area contributed by atoms with Crippen LogP contribution in [-0.2, 0) is 6.54 Å². The predicted octanol–water partition coefficient (Wildman–Crippen LogP) is 2.93. The number of piperazine rings is 1. The van der Waals surface area contributed by atoms with E-state index in [2.05, 4.69) is 10.00 Å². The van der Waals surface area contributed by atoms with Gasteiger partial charge in [0.25, 0.3) is 5.91 Å². The van der Waals surface area contributed by atoms with Crippen molar-refractivity contribution in [3.63, 3.8) is 0 Å². The summed E-state index contributed by atoms with van der Waals surface area (Å²) in [6, 6.07) is 5.62. The molecule has 6 nitrogen and oxygen atoms in total. The van der Waals surface area contributed by atoms with Crippen LogP contribution in [-0.4, -0.2) is 53.4 Å². The Balaban J connectivity index is 1.44. The van der Waals surface area contributed by atoms with Gasteiger partial charge in [-0.3, -0.25) is 4.79 Å². The lowest BCUT2D eigenvalue weighted by atomic mass is 10.2. The number of anilines is 1. The Morgan fingerprint density at radius 2 is 1.88 bits per heavy atom. The third kappa shape index (κ3) is 3.16. The van der Waals surface area contributed by atoms with E-state index < -0.39 is 0 Å². The number of aryl methyl sites for hydroxylation is 1. The average Bonchev–Trinajstić information content (AvgIpc) is 3.08. The van der Waals surface area contributed by atoms with E-state index in [1.54, 1.807) is 16.9 Å². The summed E-state index contributed by atoms with van der Waals surface area (Å²) in [7, 11) is 0. The van der Waals surface area contributed by atoms with Crippen molar-refractivity contribution in [2.75, 3.05) is 37.7 Å². The van der Waals surface area contributed by atoms with E-state index in [4.69, 9.17) is 27.9 Å². The van der Waals surface area contributed by atoms with Gasteiger partial charge in [-0.1, -0.05) is 23.2 Å². The number of rotatable bonds is 2. The summed E-state index contributed by atoms with van der Waals surface area (Å²) >= 11 is 12.1. The van der Waals surface area contributed by atoms with Crippen LogP contribution in [0.5, 0.6) is 5.88 Å². The van der Waals surface area contributed by atoms with Gasteiger partial charge in [-0.25, -0.2) is 4.68 Å². The van der Waals surface area contributed by atoms with Gasteiger partial charge >= 0.3 is 0 Å². The van der Waals surface area contributed by atoms with Crippen molar-refractivity contribution in [3.05, 3.63) is 40.0 Å². The lowest BCUT2D eigenvalue weighted by Gasteiger charge is -2.36. The molecule has 3 heterocycles. The highest BCUT2D eigenvalue weighted by Crippen LogP contribution is 2.28. The molecule has 0 saturated carbocycles. The van der Waals surface area contributed by atoms with Gasteiger partial charge in [0.2, 0.25) is 5.88 Å². The third-order valence-corrected chi connectivity index (χ3v) is 5.35. The fourth-order valence-corrected chi connectivity index (χ4v) is 3.53. The number of nitrogens with zero attached hydrogens (tertiary/aromatic N) is 4. The minimum Gasteiger partial charge on any atom is -0.477 e. The van der Waals surface area contributed by atoms with E-state index >= 15 is 0 Å². The zero-order valence-corrected chi connectivity index (χ0v) is 15.1. The van der Waals surface area contributed by atoms with Crippen LogP contribution in [0.2, 0.25) is 10.0 Å². The third-order valence-electron chi connectivity index (χ3n) is 4.61. The number of halogens is 2. The van der Waals surface area contributed by atoms with Crippen LogP contribution in [0.25, 0.3) is 0 Å². The van der Waals surface area contributed by atoms with E-state index in [1.807, 2.05) is 17.0 Å². The maximum Gasteiger partial charge on any atom is 0.261 e. The van der Waals surface area contributed by atoms with Crippen LogP contribution in [0.3, 0.4) is 0 Å². The monoisotopic (exact) mass is 380 g/mol. The highest BCUT2D eigenvalue weighted by atomic mass is 35.5. The maximum atomic E-state index is 12.8. The summed E-state index contributed by atoms with van der Waals surface area (Å²) < 4.78 is 7.40. The van der Waals surface area contributed by atoms with Gasteiger partial charge < -0.3 is 14.5 Å². The van der Waals surface area contributed by atoms with Gasteiger partial charge in [0.1, 0.15) is 5.56 Å². The van der Waals surface area contributed by atoms with Crippen molar-refractivity contribution < 1.29 is 9.53 Å². The highest BCUT2D eigenvalue weighted by molar-refractivity contribution is 6.42. The molecule has 2 aliphatic heterocycles. The molecule has 1 aromatic carbocycles. The van der Waals surface area contributed by atoms with Crippen LogP contribution >= 0.6 is 23.2 Å². The molecule has 4 rings (SSSR count). The Morgan fingerprint density at radius 3 is 2.64 bits per heavy atom. The number of hydrogen-bond donors (Lipinski definition) is 0. The van der Waals surface area contributed by atoms with Gasteiger partial charge in [-0.15, -0.1) is 0 Å². The van der Waals surface area contributed by atoms with E-state index in [-0.39, 0.29) is 5.91 Å². The zero-order valence-electron chi connectivity index (χ0n) is 13.6. The van der Waals surface area contributed by atoms with Crippen molar-refractivity contribution in [1.29, 1.82) is 0 Å². The summed E-state index contributed by atoms with van der Waals surface area (Å²) in [4.78, 5) is 16.9. The van der Waals surface area contributed by atoms with E-state index in [0.29, 0.717) is 41.2 Å². The summed E-state index contributed by atoms with van der Waals surface area (Å²) in [5.74, 6) is 0.583. The molecular formula is C17H18Cl2N4O2. The van der Waals surface area contributed by atoms with Crippen LogP contribution in [0.15, 0.2) is 24.4 Å². The smallest absolute Gasteiger partial charge is 0.261 e. The molecule has 132 valence electrons. The first-order chi connectivity index (χ1) is 12.1. The van der Waals surface area contributed by atoms with E-state index in [1.165, 1.54) is 0 Å². The van der Waals surface area contributed by atoms with Crippen LogP contribution in [0.4, 0.5) is 5.69 Å². The molecule has 0 radical (unpaired) electrons. The summed E-state index contributed by atoms with van der Waals surface area (Å²) in [5.41, 5.74) is 1.58. The Labute approximate surface area is 155 Å². The van der Waals surface area contributed by atoms with E-state index in [9.17, 15) is 4.79 Å². The first-order valence-electron chi connectivity index (χ1n) is 8.31. The molecule has 1 amide bonds. The van der Waals surface area contributed by atoms with Crippen molar-refractivity contribution in [2.24, 2.45) is 0 Å². The van der Waals surface area contributed by atoms with Crippen molar-refractivity contribution in [1.82, 2.24) is 14.7 Å². The molecule has 2 aliphatic rings. The van der Waals surface area contributed by atoms with Gasteiger partial charge in [-0.05, 0) is 18.2 Å². The number of fused-ring (bicyclic) bond motifs is 1. The first-order valence-corrected chi connectivity index (χ1v) is 9.07. The van der Waals surface area contributed by atoms with Crippen LogP contribution < -0.4 is 9.64 Å². The number of benzene rings is 1. The van der Waals surface area contributed by atoms with Gasteiger partial charge in [0.05, 0.1) is 22.8 Å². The standard InChI is InChI=1S/C17H18Cl2N4O2/c18-14-3-2-12(10-15(14)19)21-5-7-22(8-6-21)16(24)13-11-20-23-4-1-9-25-17(13)23/h2-3,10-11H,1,4-9H2. The molecule has 0 N–H and O–H groups in total.